The largest absolute Gasteiger partial charge is 0.391 e. The van der Waals surface area contributed by atoms with Gasteiger partial charge in [0.15, 0.2) is 0 Å². The van der Waals surface area contributed by atoms with Gasteiger partial charge in [0.2, 0.25) is 11.9 Å². The number of para-hydroxylation sites is 1. The molecule has 3 aromatic rings. The SMILES string of the molecule is CC(=O)NC[C@@H]1[C@@H](c2ccccc2)[C@]12CN(c1nnnn1-c1ccccc1)C[C@@H]2O. The minimum absolute atomic E-state index is 0.0544. The summed E-state index contributed by atoms with van der Waals surface area (Å²) in [6, 6.07) is 20.0. The average molecular weight is 404 g/mol. The zero-order valence-electron chi connectivity index (χ0n) is 16.7. The van der Waals surface area contributed by atoms with Gasteiger partial charge in [-0.25, -0.2) is 0 Å². The van der Waals surface area contributed by atoms with Crippen LogP contribution < -0.4 is 10.2 Å². The lowest BCUT2D eigenvalue weighted by Gasteiger charge is -2.17. The van der Waals surface area contributed by atoms with Crippen molar-refractivity contribution in [2.24, 2.45) is 11.3 Å². The lowest BCUT2D eigenvalue weighted by molar-refractivity contribution is -0.119. The molecule has 0 unspecified atom stereocenters. The number of hydrogen-bond acceptors (Lipinski definition) is 6. The van der Waals surface area contributed by atoms with Crippen molar-refractivity contribution in [1.82, 2.24) is 25.5 Å². The summed E-state index contributed by atoms with van der Waals surface area (Å²) in [7, 11) is 0. The predicted octanol–water partition coefficient (Wildman–Crippen LogP) is 1.38. The number of rotatable bonds is 5. The van der Waals surface area contributed by atoms with Crippen molar-refractivity contribution >= 4 is 11.9 Å². The van der Waals surface area contributed by atoms with Gasteiger partial charge in [-0.15, -0.1) is 0 Å². The van der Waals surface area contributed by atoms with Gasteiger partial charge in [0.25, 0.3) is 0 Å². The van der Waals surface area contributed by atoms with Crippen LogP contribution in [0.2, 0.25) is 0 Å². The lowest BCUT2D eigenvalue weighted by Crippen LogP contribution is -2.28. The summed E-state index contributed by atoms with van der Waals surface area (Å²) < 4.78 is 1.70. The Hall–Kier alpha value is -3.26. The summed E-state index contributed by atoms with van der Waals surface area (Å²) in [6.07, 6.45) is -0.539. The van der Waals surface area contributed by atoms with Crippen molar-refractivity contribution in [3.63, 3.8) is 0 Å². The van der Waals surface area contributed by atoms with Gasteiger partial charge in [-0.1, -0.05) is 53.6 Å². The Bertz CT molecular complexity index is 1040. The van der Waals surface area contributed by atoms with E-state index < -0.39 is 6.10 Å². The highest BCUT2D eigenvalue weighted by Gasteiger charge is 2.71. The quantitative estimate of drug-likeness (QED) is 0.667. The number of anilines is 1. The molecule has 2 heterocycles. The summed E-state index contributed by atoms with van der Waals surface area (Å²) >= 11 is 0. The van der Waals surface area contributed by atoms with Gasteiger partial charge in [0, 0.05) is 32.0 Å². The van der Waals surface area contributed by atoms with Crippen LogP contribution >= 0.6 is 0 Å². The van der Waals surface area contributed by atoms with Crippen LogP contribution in [0.15, 0.2) is 60.7 Å². The van der Waals surface area contributed by atoms with Crippen LogP contribution in [-0.2, 0) is 4.79 Å². The molecule has 5 rings (SSSR count). The highest BCUT2D eigenvalue weighted by Crippen LogP contribution is 2.68. The van der Waals surface area contributed by atoms with Crippen LogP contribution in [0.5, 0.6) is 0 Å². The maximum absolute atomic E-state index is 11.5. The van der Waals surface area contributed by atoms with Crippen molar-refractivity contribution < 1.29 is 9.90 Å². The molecule has 1 saturated heterocycles. The normalized spacial score (nSPS) is 27.4. The van der Waals surface area contributed by atoms with Crippen molar-refractivity contribution in [3.8, 4) is 5.69 Å². The first-order chi connectivity index (χ1) is 14.6. The predicted molar refractivity (Wildman–Crippen MR) is 111 cm³/mol. The average Bonchev–Trinajstić information content (AvgIpc) is 3.03. The number of aromatic nitrogens is 4. The molecule has 0 bridgehead atoms. The first-order valence-electron chi connectivity index (χ1n) is 10.2. The summed E-state index contributed by atoms with van der Waals surface area (Å²) in [4.78, 5) is 13.6. The molecule has 1 aromatic heterocycles. The van der Waals surface area contributed by atoms with E-state index >= 15 is 0 Å². The first kappa shape index (κ1) is 18.7. The number of tetrazole rings is 1. The van der Waals surface area contributed by atoms with E-state index in [2.05, 4.69) is 37.9 Å². The molecule has 4 atom stereocenters. The highest BCUT2D eigenvalue weighted by molar-refractivity contribution is 5.73. The van der Waals surface area contributed by atoms with Crippen molar-refractivity contribution in [2.75, 3.05) is 24.5 Å². The molecule has 1 amide bonds. The summed E-state index contributed by atoms with van der Waals surface area (Å²) in [6.45, 7) is 3.15. The zero-order chi connectivity index (χ0) is 20.7. The number of benzene rings is 2. The Morgan fingerprint density at radius 3 is 2.57 bits per heavy atom. The highest BCUT2D eigenvalue weighted by atomic mass is 16.3. The molecule has 2 N–H and O–H groups in total. The number of aliphatic hydroxyl groups excluding tert-OH is 1. The van der Waals surface area contributed by atoms with E-state index in [0.717, 1.165) is 5.69 Å². The molecule has 2 aliphatic rings. The third-order valence-corrected chi connectivity index (χ3v) is 6.51. The van der Waals surface area contributed by atoms with Crippen molar-refractivity contribution in [3.05, 3.63) is 66.2 Å². The van der Waals surface area contributed by atoms with E-state index in [-0.39, 0.29) is 23.2 Å². The number of nitrogens with zero attached hydrogens (tertiary/aromatic N) is 5. The van der Waals surface area contributed by atoms with E-state index in [0.29, 0.717) is 25.6 Å². The molecule has 8 nitrogen and oxygen atoms in total. The fraction of sp³-hybridized carbons (Fsp3) is 0.364. The number of nitrogens with one attached hydrogen (secondary N) is 1. The Morgan fingerprint density at radius 2 is 1.87 bits per heavy atom. The van der Waals surface area contributed by atoms with Gasteiger partial charge in [0.1, 0.15) is 0 Å². The summed E-state index contributed by atoms with van der Waals surface area (Å²) in [5, 5.41) is 26.4. The monoisotopic (exact) mass is 404 g/mol. The molecular formula is C22H24N6O2. The fourth-order valence-corrected chi connectivity index (χ4v) is 5.12. The number of aliphatic hydroxyl groups is 1. The topological polar surface area (TPSA) is 96.2 Å². The molecule has 2 aromatic carbocycles. The summed E-state index contributed by atoms with van der Waals surface area (Å²) in [5.41, 5.74) is 1.73. The molecule has 1 aliphatic heterocycles. The van der Waals surface area contributed by atoms with Crippen LogP contribution in [0.3, 0.4) is 0 Å². The van der Waals surface area contributed by atoms with E-state index in [1.54, 1.807) is 4.68 Å². The van der Waals surface area contributed by atoms with E-state index in [1.807, 2.05) is 48.5 Å². The molecule has 0 radical (unpaired) electrons. The maximum atomic E-state index is 11.5. The van der Waals surface area contributed by atoms with Crippen LogP contribution in [0.1, 0.15) is 18.4 Å². The minimum atomic E-state index is -0.539. The molecule has 1 aliphatic carbocycles. The smallest absolute Gasteiger partial charge is 0.250 e. The molecule has 30 heavy (non-hydrogen) atoms. The number of carbonyl (C=O) groups is 1. The van der Waals surface area contributed by atoms with Crippen molar-refractivity contribution in [1.29, 1.82) is 0 Å². The Kier molecular flexibility index (Phi) is 4.51. The second-order valence-electron chi connectivity index (χ2n) is 8.17. The first-order valence-corrected chi connectivity index (χ1v) is 10.2. The molecule has 1 saturated carbocycles. The number of β-amino-alcohol motifs (C(OH)–C–C–N with tert-alkyl or cyclic N) is 1. The van der Waals surface area contributed by atoms with Crippen LogP contribution in [0.4, 0.5) is 5.95 Å². The van der Waals surface area contributed by atoms with Crippen LogP contribution in [-0.4, -0.2) is 57.0 Å². The van der Waals surface area contributed by atoms with Crippen molar-refractivity contribution in [2.45, 2.75) is 18.9 Å². The van der Waals surface area contributed by atoms with Gasteiger partial charge < -0.3 is 15.3 Å². The molecule has 154 valence electrons. The van der Waals surface area contributed by atoms with Gasteiger partial charge in [0.05, 0.1) is 11.8 Å². The summed E-state index contributed by atoms with van der Waals surface area (Å²) in [5.74, 6) is 0.895. The van der Waals surface area contributed by atoms with E-state index in [1.165, 1.54) is 12.5 Å². The third kappa shape index (κ3) is 2.95. The van der Waals surface area contributed by atoms with Crippen LogP contribution in [0, 0.1) is 11.3 Å². The standard InChI is InChI=1S/C22H24N6O2/c1-15(29)23-12-18-20(16-8-4-2-5-9-16)22(18)14-27(13-19(22)30)21-24-25-26-28(21)17-10-6-3-7-11-17/h2-11,18-20,30H,12-14H2,1H3,(H,23,29)/t18-,19+,20-,22-/m1/s1. The Balaban J connectivity index is 1.46. The van der Waals surface area contributed by atoms with Gasteiger partial charge >= 0.3 is 0 Å². The number of amides is 1. The van der Waals surface area contributed by atoms with E-state index in [9.17, 15) is 9.90 Å². The zero-order valence-corrected chi connectivity index (χ0v) is 16.7. The Morgan fingerprint density at radius 1 is 1.17 bits per heavy atom. The Labute approximate surface area is 174 Å². The second-order valence-corrected chi connectivity index (χ2v) is 8.17. The maximum Gasteiger partial charge on any atom is 0.250 e. The van der Waals surface area contributed by atoms with Gasteiger partial charge in [-0.05, 0) is 40.0 Å². The van der Waals surface area contributed by atoms with Gasteiger partial charge in [-0.2, -0.15) is 4.68 Å². The van der Waals surface area contributed by atoms with Gasteiger partial charge in [-0.3, -0.25) is 4.79 Å². The molecule has 1 spiro atoms. The van der Waals surface area contributed by atoms with Crippen LogP contribution in [0.25, 0.3) is 5.69 Å². The second kappa shape index (κ2) is 7.21. The molecule has 8 heteroatoms. The third-order valence-electron chi connectivity index (χ3n) is 6.51. The fourth-order valence-electron chi connectivity index (χ4n) is 5.12. The van der Waals surface area contributed by atoms with E-state index in [4.69, 9.17) is 0 Å². The molecular weight excluding hydrogens is 380 g/mol. The number of hydrogen-bond donors (Lipinski definition) is 2. The minimum Gasteiger partial charge on any atom is -0.391 e. The number of carbonyl (C=O) groups excluding carboxylic acids is 1. The lowest BCUT2D eigenvalue weighted by atomic mass is 9.95. The molecule has 2 fully saturated rings.